The van der Waals surface area contributed by atoms with Gasteiger partial charge in [-0.05, 0) is 23.8 Å². The Kier molecular flexibility index (Phi) is 4.48. The monoisotopic (exact) mass is 265 g/mol. The molecule has 2 aromatic rings. The van der Waals surface area contributed by atoms with Crippen LogP contribution >= 0.6 is 0 Å². The standard InChI is InChI=1S/C13H13F2N3O/c14-11-2-1-9(5-12(11)15)13(19)7-17-6-10-3-4-16-8-18-10/h1-5,8,13,17,19H,6-7H2. The maximum atomic E-state index is 13.0. The lowest BCUT2D eigenvalue weighted by molar-refractivity contribution is 0.173. The van der Waals surface area contributed by atoms with Crippen LogP contribution in [0.25, 0.3) is 0 Å². The van der Waals surface area contributed by atoms with Crippen molar-refractivity contribution in [3.8, 4) is 0 Å². The molecule has 1 unspecified atom stereocenters. The zero-order valence-corrected chi connectivity index (χ0v) is 10.1. The fraction of sp³-hybridized carbons (Fsp3) is 0.231. The predicted octanol–water partition coefficient (Wildman–Crippen LogP) is 1.58. The van der Waals surface area contributed by atoms with Gasteiger partial charge in [0.05, 0.1) is 11.8 Å². The highest BCUT2D eigenvalue weighted by Crippen LogP contribution is 2.15. The van der Waals surface area contributed by atoms with Crippen LogP contribution in [0.4, 0.5) is 8.78 Å². The van der Waals surface area contributed by atoms with Gasteiger partial charge >= 0.3 is 0 Å². The molecule has 100 valence electrons. The van der Waals surface area contributed by atoms with E-state index < -0.39 is 17.7 Å². The molecule has 0 radical (unpaired) electrons. The maximum absolute atomic E-state index is 13.0. The Bertz CT molecular complexity index is 537. The van der Waals surface area contributed by atoms with E-state index in [1.165, 1.54) is 12.4 Å². The van der Waals surface area contributed by atoms with Gasteiger partial charge in [-0.15, -0.1) is 0 Å². The number of benzene rings is 1. The van der Waals surface area contributed by atoms with E-state index >= 15 is 0 Å². The summed E-state index contributed by atoms with van der Waals surface area (Å²) in [4.78, 5) is 7.80. The zero-order chi connectivity index (χ0) is 13.7. The van der Waals surface area contributed by atoms with Gasteiger partial charge in [-0.3, -0.25) is 0 Å². The molecule has 0 fully saturated rings. The summed E-state index contributed by atoms with van der Waals surface area (Å²) in [6.07, 6.45) is 2.15. The van der Waals surface area contributed by atoms with Crippen molar-refractivity contribution in [3.05, 3.63) is 59.7 Å². The van der Waals surface area contributed by atoms with Gasteiger partial charge in [0, 0.05) is 19.3 Å². The minimum Gasteiger partial charge on any atom is -0.387 e. The van der Waals surface area contributed by atoms with Crippen molar-refractivity contribution in [2.45, 2.75) is 12.6 Å². The molecule has 2 rings (SSSR count). The van der Waals surface area contributed by atoms with E-state index in [-0.39, 0.29) is 6.54 Å². The molecular weight excluding hydrogens is 252 g/mol. The maximum Gasteiger partial charge on any atom is 0.159 e. The van der Waals surface area contributed by atoms with Crippen LogP contribution in [-0.2, 0) is 6.54 Å². The van der Waals surface area contributed by atoms with Gasteiger partial charge < -0.3 is 10.4 Å². The van der Waals surface area contributed by atoms with Gasteiger partial charge in [-0.25, -0.2) is 18.7 Å². The number of aliphatic hydroxyl groups excluding tert-OH is 1. The summed E-state index contributed by atoms with van der Waals surface area (Å²) in [5.41, 5.74) is 1.11. The molecule has 4 nitrogen and oxygen atoms in total. The number of aromatic nitrogens is 2. The molecule has 0 saturated heterocycles. The molecule has 0 bridgehead atoms. The molecule has 0 spiro atoms. The minimum atomic E-state index is -0.965. The summed E-state index contributed by atoms with van der Waals surface area (Å²) in [6.45, 7) is 0.679. The van der Waals surface area contributed by atoms with Crippen molar-refractivity contribution < 1.29 is 13.9 Å². The SMILES string of the molecule is OC(CNCc1ccncn1)c1ccc(F)c(F)c1. The molecule has 0 aliphatic heterocycles. The minimum absolute atomic E-state index is 0.217. The Hall–Kier alpha value is -1.92. The van der Waals surface area contributed by atoms with E-state index in [4.69, 9.17) is 0 Å². The number of nitrogens with zero attached hydrogens (tertiary/aromatic N) is 2. The fourth-order valence-electron chi connectivity index (χ4n) is 1.60. The van der Waals surface area contributed by atoms with Crippen LogP contribution in [0.15, 0.2) is 36.8 Å². The Morgan fingerprint density at radius 2 is 2.05 bits per heavy atom. The van der Waals surface area contributed by atoms with Crippen molar-refractivity contribution in [3.63, 3.8) is 0 Å². The zero-order valence-electron chi connectivity index (χ0n) is 10.1. The molecule has 0 aliphatic carbocycles. The van der Waals surface area contributed by atoms with Crippen LogP contribution in [0.3, 0.4) is 0 Å². The lowest BCUT2D eigenvalue weighted by Crippen LogP contribution is -2.21. The molecular formula is C13H13F2N3O. The van der Waals surface area contributed by atoms with E-state index in [1.54, 1.807) is 12.3 Å². The predicted molar refractivity (Wildman–Crippen MR) is 65.1 cm³/mol. The van der Waals surface area contributed by atoms with Crippen LogP contribution in [-0.4, -0.2) is 21.6 Å². The number of hydrogen-bond acceptors (Lipinski definition) is 4. The normalized spacial score (nSPS) is 12.4. The first-order valence-electron chi connectivity index (χ1n) is 5.75. The first kappa shape index (κ1) is 13.5. The second-order valence-electron chi connectivity index (χ2n) is 4.02. The first-order chi connectivity index (χ1) is 9.16. The third-order valence-electron chi connectivity index (χ3n) is 2.62. The van der Waals surface area contributed by atoms with Gasteiger partial charge in [0.15, 0.2) is 11.6 Å². The van der Waals surface area contributed by atoms with E-state index in [1.807, 2.05) is 0 Å². The van der Waals surface area contributed by atoms with Gasteiger partial charge in [0.25, 0.3) is 0 Å². The Morgan fingerprint density at radius 3 is 2.74 bits per heavy atom. The highest BCUT2D eigenvalue weighted by atomic mass is 19.2. The third kappa shape index (κ3) is 3.77. The molecule has 0 saturated carbocycles. The molecule has 1 aromatic heterocycles. The highest BCUT2D eigenvalue weighted by Gasteiger charge is 2.10. The van der Waals surface area contributed by atoms with Crippen LogP contribution < -0.4 is 5.32 Å². The second kappa shape index (κ2) is 6.31. The van der Waals surface area contributed by atoms with Crippen LogP contribution in [0.1, 0.15) is 17.4 Å². The van der Waals surface area contributed by atoms with Crippen molar-refractivity contribution in [1.82, 2.24) is 15.3 Å². The molecule has 0 aliphatic rings. The smallest absolute Gasteiger partial charge is 0.159 e. The van der Waals surface area contributed by atoms with E-state index in [2.05, 4.69) is 15.3 Å². The second-order valence-corrected chi connectivity index (χ2v) is 4.02. The number of rotatable bonds is 5. The number of hydrogen-bond donors (Lipinski definition) is 2. The summed E-state index contributed by atoms with van der Waals surface area (Å²) >= 11 is 0. The third-order valence-corrected chi connectivity index (χ3v) is 2.62. The molecule has 0 amide bonds. The van der Waals surface area contributed by atoms with E-state index in [9.17, 15) is 13.9 Å². The Labute approximate surface area is 109 Å². The first-order valence-corrected chi connectivity index (χ1v) is 5.75. The van der Waals surface area contributed by atoms with Crippen molar-refractivity contribution in [2.75, 3.05) is 6.54 Å². The van der Waals surface area contributed by atoms with E-state index in [0.717, 1.165) is 17.8 Å². The quantitative estimate of drug-likeness (QED) is 0.861. The lowest BCUT2D eigenvalue weighted by Gasteiger charge is -2.12. The average Bonchev–Trinajstić information content (AvgIpc) is 2.43. The summed E-state index contributed by atoms with van der Waals surface area (Å²) in [6, 6.07) is 5.09. The number of aliphatic hydroxyl groups is 1. The Morgan fingerprint density at radius 1 is 1.21 bits per heavy atom. The van der Waals surface area contributed by atoms with Crippen molar-refractivity contribution >= 4 is 0 Å². The topological polar surface area (TPSA) is 58.0 Å². The van der Waals surface area contributed by atoms with Crippen LogP contribution in [0.5, 0.6) is 0 Å². The number of halogens is 2. The lowest BCUT2D eigenvalue weighted by atomic mass is 10.1. The summed E-state index contributed by atoms with van der Waals surface area (Å²) in [7, 11) is 0. The fourth-order valence-corrected chi connectivity index (χ4v) is 1.60. The Balaban J connectivity index is 1.87. The van der Waals surface area contributed by atoms with Gasteiger partial charge in [0.2, 0.25) is 0 Å². The molecule has 1 atom stereocenters. The van der Waals surface area contributed by atoms with Gasteiger partial charge in [-0.1, -0.05) is 6.07 Å². The van der Waals surface area contributed by atoms with Crippen molar-refractivity contribution in [2.24, 2.45) is 0 Å². The van der Waals surface area contributed by atoms with Crippen LogP contribution in [0, 0.1) is 11.6 Å². The van der Waals surface area contributed by atoms with Gasteiger partial charge in [-0.2, -0.15) is 0 Å². The molecule has 6 heteroatoms. The highest BCUT2D eigenvalue weighted by molar-refractivity contribution is 5.20. The average molecular weight is 265 g/mol. The largest absolute Gasteiger partial charge is 0.387 e. The summed E-state index contributed by atoms with van der Waals surface area (Å²) in [5, 5.41) is 12.8. The molecule has 1 heterocycles. The number of nitrogens with one attached hydrogen (secondary N) is 1. The van der Waals surface area contributed by atoms with E-state index in [0.29, 0.717) is 12.1 Å². The molecule has 1 aromatic carbocycles. The molecule has 19 heavy (non-hydrogen) atoms. The summed E-state index contributed by atoms with van der Waals surface area (Å²) < 4.78 is 25.8. The molecule has 2 N–H and O–H groups in total. The van der Waals surface area contributed by atoms with Gasteiger partial charge in [0.1, 0.15) is 6.33 Å². The summed E-state index contributed by atoms with van der Waals surface area (Å²) in [5.74, 6) is -1.89. The van der Waals surface area contributed by atoms with Crippen LogP contribution in [0.2, 0.25) is 0 Å². The van der Waals surface area contributed by atoms with Crippen molar-refractivity contribution in [1.29, 1.82) is 0 Å².